The van der Waals surface area contributed by atoms with Crippen molar-refractivity contribution in [2.24, 2.45) is 0 Å². The Bertz CT molecular complexity index is 818. The first-order chi connectivity index (χ1) is 10.8. The number of carbonyl (C=O) groups is 2. The lowest BCUT2D eigenvalue weighted by atomic mass is 10.2. The van der Waals surface area contributed by atoms with Gasteiger partial charge in [-0.25, -0.2) is 13.2 Å². The Morgan fingerprint density at radius 2 is 1.83 bits per heavy atom. The van der Waals surface area contributed by atoms with E-state index in [1.807, 2.05) is 0 Å². The molecule has 0 aliphatic carbocycles. The highest BCUT2D eigenvalue weighted by Gasteiger charge is 2.25. The summed E-state index contributed by atoms with van der Waals surface area (Å²) in [4.78, 5) is 23.5. The summed E-state index contributed by atoms with van der Waals surface area (Å²) >= 11 is 0. The summed E-state index contributed by atoms with van der Waals surface area (Å²) in [6.45, 7) is 3.05. The number of rotatable bonds is 6. The number of esters is 1. The highest BCUT2D eigenvalue weighted by atomic mass is 32.2. The van der Waals surface area contributed by atoms with Gasteiger partial charge < -0.3 is 9.15 Å². The van der Waals surface area contributed by atoms with Gasteiger partial charge in [0.05, 0.1) is 17.1 Å². The van der Waals surface area contributed by atoms with Gasteiger partial charge in [0.1, 0.15) is 11.5 Å². The van der Waals surface area contributed by atoms with Gasteiger partial charge in [0.2, 0.25) is 5.76 Å². The second kappa shape index (κ2) is 6.78. The second-order valence-electron chi connectivity index (χ2n) is 4.80. The van der Waals surface area contributed by atoms with Crippen LogP contribution >= 0.6 is 0 Å². The second-order valence-corrected chi connectivity index (χ2v) is 6.79. The van der Waals surface area contributed by atoms with Crippen LogP contribution in [0.1, 0.15) is 40.5 Å². The molecule has 6 nitrogen and oxygen atoms in total. The molecule has 0 N–H and O–H groups in total. The van der Waals surface area contributed by atoms with E-state index in [1.165, 1.54) is 25.1 Å². The van der Waals surface area contributed by atoms with Crippen LogP contribution in [0.2, 0.25) is 0 Å². The molecule has 0 atom stereocenters. The summed E-state index contributed by atoms with van der Waals surface area (Å²) in [5.74, 6) is -1.88. The Morgan fingerprint density at radius 1 is 1.17 bits per heavy atom. The maximum Gasteiger partial charge on any atom is 0.374 e. The Hall–Kier alpha value is -2.41. The van der Waals surface area contributed by atoms with Crippen molar-refractivity contribution in [1.29, 1.82) is 0 Å². The predicted octanol–water partition coefficient (Wildman–Crippen LogP) is 2.63. The van der Waals surface area contributed by atoms with Crippen LogP contribution in [0, 0.1) is 0 Å². The predicted molar refractivity (Wildman–Crippen MR) is 82.0 cm³/mol. The van der Waals surface area contributed by atoms with Gasteiger partial charge >= 0.3 is 5.97 Å². The van der Waals surface area contributed by atoms with Gasteiger partial charge in [-0.15, -0.1) is 0 Å². The number of hydrogen-bond donors (Lipinski definition) is 0. The molecular weight excluding hydrogens is 320 g/mol. The van der Waals surface area contributed by atoms with Crippen LogP contribution in [0.5, 0.6) is 0 Å². The van der Waals surface area contributed by atoms with Crippen molar-refractivity contribution >= 4 is 21.6 Å². The van der Waals surface area contributed by atoms with E-state index in [2.05, 4.69) is 0 Å². The normalized spacial score (nSPS) is 11.2. The van der Waals surface area contributed by atoms with E-state index in [-0.39, 0.29) is 34.4 Å². The Balaban J connectivity index is 2.39. The van der Waals surface area contributed by atoms with Gasteiger partial charge in [-0.2, -0.15) is 0 Å². The minimum absolute atomic E-state index is 0.0626. The maximum absolute atomic E-state index is 12.4. The first-order valence-electron chi connectivity index (χ1n) is 6.93. The van der Waals surface area contributed by atoms with Gasteiger partial charge in [-0.3, -0.25) is 4.79 Å². The average molecular weight is 336 g/mol. The van der Waals surface area contributed by atoms with Crippen molar-refractivity contribution in [3.05, 3.63) is 53.5 Å². The molecule has 0 aliphatic rings. The Morgan fingerprint density at radius 3 is 2.39 bits per heavy atom. The number of hydrogen-bond acceptors (Lipinski definition) is 6. The van der Waals surface area contributed by atoms with E-state index < -0.39 is 21.6 Å². The minimum Gasteiger partial charge on any atom is -0.460 e. The number of sulfone groups is 1. The standard InChI is InChI=1S/C16H16O6S/c1-3-21-16(18)14-9-13(11(2)17)15(22-14)10-23(19,20)12-7-5-4-6-8-12/h4-9H,3,10H2,1-2H3. The molecule has 0 bridgehead atoms. The lowest BCUT2D eigenvalue weighted by Gasteiger charge is -2.03. The first-order valence-corrected chi connectivity index (χ1v) is 8.59. The Labute approximate surface area is 134 Å². The smallest absolute Gasteiger partial charge is 0.374 e. The zero-order valence-corrected chi connectivity index (χ0v) is 13.6. The van der Waals surface area contributed by atoms with Crippen molar-refractivity contribution in [2.45, 2.75) is 24.5 Å². The third-order valence-electron chi connectivity index (χ3n) is 3.09. The van der Waals surface area contributed by atoms with Crippen molar-refractivity contribution in [1.82, 2.24) is 0 Å². The summed E-state index contributed by atoms with van der Waals surface area (Å²) in [6.07, 6.45) is 0. The van der Waals surface area contributed by atoms with Gasteiger partial charge in [0.15, 0.2) is 15.6 Å². The van der Waals surface area contributed by atoms with E-state index in [0.29, 0.717) is 0 Å². The van der Waals surface area contributed by atoms with Crippen LogP contribution in [0.4, 0.5) is 0 Å². The molecule has 23 heavy (non-hydrogen) atoms. The van der Waals surface area contributed by atoms with E-state index >= 15 is 0 Å². The number of benzene rings is 1. The van der Waals surface area contributed by atoms with Crippen LogP contribution < -0.4 is 0 Å². The lowest BCUT2D eigenvalue weighted by molar-refractivity contribution is 0.0488. The number of ether oxygens (including phenoxy) is 1. The lowest BCUT2D eigenvalue weighted by Crippen LogP contribution is -2.07. The summed E-state index contributed by atoms with van der Waals surface area (Å²) in [5, 5.41) is 0. The molecule has 122 valence electrons. The summed E-state index contributed by atoms with van der Waals surface area (Å²) in [6, 6.07) is 9.04. The van der Waals surface area contributed by atoms with E-state index in [1.54, 1.807) is 25.1 Å². The molecule has 0 unspecified atom stereocenters. The number of carbonyl (C=O) groups excluding carboxylic acids is 2. The third kappa shape index (κ3) is 3.87. The number of Topliss-reactive ketones (excluding diaryl/α,β-unsaturated/α-hetero) is 1. The largest absolute Gasteiger partial charge is 0.460 e. The van der Waals surface area contributed by atoms with Gasteiger partial charge in [0.25, 0.3) is 0 Å². The number of furan rings is 1. The zero-order chi connectivity index (χ0) is 17.0. The van der Waals surface area contributed by atoms with Crippen LogP contribution in [0.25, 0.3) is 0 Å². The molecular formula is C16H16O6S. The molecule has 0 fully saturated rings. The average Bonchev–Trinajstić information content (AvgIpc) is 2.92. The van der Waals surface area contributed by atoms with E-state index in [0.717, 1.165) is 0 Å². The Kier molecular flexibility index (Phi) is 5.00. The molecule has 2 aromatic rings. The van der Waals surface area contributed by atoms with Gasteiger partial charge in [-0.1, -0.05) is 18.2 Å². The van der Waals surface area contributed by atoms with E-state index in [9.17, 15) is 18.0 Å². The van der Waals surface area contributed by atoms with Crippen molar-refractivity contribution in [3.8, 4) is 0 Å². The SMILES string of the molecule is CCOC(=O)c1cc(C(C)=O)c(CS(=O)(=O)c2ccccc2)o1. The molecule has 7 heteroatoms. The van der Waals surface area contributed by atoms with Crippen molar-refractivity contribution < 1.29 is 27.2 Å². The maximum atomic E-state index is 12.4. The zero-order valence-electron chi connectivity index (χ0n) is 12.7. The fourth-order valence-electron chi connectivity index (χ4n) is 2.02. The highest BCUT2D eigenvalue weighted by molar-refractivity contribution is 7.90. The van der Waals surface area contributed by atoms with Gasteiger partial charge in [-0.05, 0) is 26.0 Å². The summed E-state index contributed by atoms with van der Waals surface area (Å²) < 4.78 is 34.9. The molecule has 0 radical (unpaired) electrons. The van der Waals surface area contributed by atoms with Crippen molar-refractivity contribution in [2.75, 3.05) is 6.61 Å². The van der Waals surface area contributed by atoms with Crippen LogP contribution in [-0.4, -0.2) is 26.8 Å². The summed E-state index contributed by atoms with van der Waals surface area (Å²) in [7, 11) is -3.69. The van der Waals surface area contributed by atoms with Crippen LogP contribution in [0.3, 0.4) is 0 Å². The van der Waals surface area contributed by atoms with Gasteiger partial charge in [0, 0.05) is 6.07 Å². The number of ketones is 1. The molecule has 0 amide bonds. The monoisotopic (exact) mass is 336 g/mol. The fraction of sp³-hybridized carbons (Fsp3) is 0.250. The molecule has 1 aromatic carbocycles. The molecule has 1 aromatic heterocycles. The van der Waals surface area contributed by atoms with Crippen LogP contribution in [0.15, 0.2) is 45.7 Å². The quantitative estimate of drug-likeness (QED) is 0.595. The molecule has 2 rings (SSSR count). The molecule has 0 saturated carbocycles. The highest BCUT2D eigenvalue weighted by Crippen LogP contribution is 2.23. The fourth-order valence-corrected chi connectivity index (χ4v) is 3.32. The summed E-state index contributed by atoms with van der Waals surface area (Å²) in [5.41, 5.74) is 0.0626. The molecule has 0 spiro atoms. The van der Waals surface area contributed by atoms with E-state index in [4.69, 9.17) is 9.15 Å². The topological polar surface area (TPSA) is 90.7 Å². The van der Waals surface area contributed by atoms with Crippen molar-refractivity contribution in [3.63, 3.8) is 0 Å². The molecule has 1 heterocycles. The first kappa shape index (κ1) is 17.0. The third-order valence-corrected chi connectivity index (χ3v) is 4.72. The minimum atomic E-state index is -3.69. The molecule has 0 aliphatic heterocycles. The molecule has 0 saturated heterocycles. The van der Waals surface area contributed by atoms with Crippen LogP contribution in [-0.2, 0) is 20.3 Å².